The first-order valence-electron chi connectivity index (χ1n) is 7.38. The Morgan fingerprint density at radius 1 is 1.18 bits per heavy atom. The molecule has 0 aliphatic carbocycles. The molecule has 6 nitrogen and oxygen atoms in total. The van der Waals surface area contributed by atoms with E-state index in [1.54, 1.807) is 14.2 Å². The second-order valence-corrected chi connectivity index (χ2v) is 5.36. The topological polar surface area (TPSA) is 82.4 Å². The molecule has 1 aromatic carbocycles. The Kier molecular flexibility index (Phi) is 4.20. The molecule has 6 heteroatoms. The molecular weight excluding hydrogens is 282 g/mol. The maximum absolute atomic E-state index is 6.32. The molecule has 0 atom stereocenters. The number of anilines is 1. The third-order valence-electron chi connectivity index (χ3n) is 4.12. The van der Waals surface area contributed by atoms with E-state index >= 15 is 0 Å². The smallest absolute Gasteiger partial charge is 0.161 e. The van der Waals surface area contributed by atoms with Crippen molar-refractivity contribution in [2.45, 2.75) is 18.8 Å². The Balaban J connectivity index is 1.94. The van der Waals surface area contributed by atoms with Crippen molar-refractivity contribution in [1.29, 1.82) is 0 Å². The molecule has 0 amide bonds. The second kappa shape index (κ2) is 6.27. The molecule has 22 heavy (non-hydrogen) atoms. The van der Waals surface area contributed by atoms with Gasteiger partial charge >= 0.3 is 0 Å². The fraction of sp³-hybridized carbons (Fsp3) is 0.438. The SMILES string of the molecule is COc1ccc(-c2n[nH]c(C3CCOCC3)c2N)cc1OC. The van der Waals surface area contributed by atoms with Crippen molar-refractivity contribution in [1.82, 2.24) is 10.2 Å². The Hall–Kier alpha value is -2.21. The van der Waals surface area contributed by atoms with Crippen LogP contribution in [0.3, 0.4) is 0 Å². The lowest BCUT2D eigenvalue weighted by Gasteiger charge is -2.21. The first-order chi connectivity index (χ1) is 10.7. The summed E-state index contributed by atoms with van der Waals surface area (Å²) in [5, 5.41) is 7.51. The third-order valence-corrected chi connectivity index (χ3v) is 4.12. The zero-order chi connectivity index (χ0) is 15.5. The number of nitrogen functional groups attached to an aromatic ring is 1. The van der Waals surface area contributed by atoms with E-state index in [4.69, 9.17) is 19.9 Å². The largest absolute Gasteiger partial charge is 0.493 e. The van der Waals surface area contributed by atoms with E-state index < -0.39 is 0 Å². The molecule has 1 fully saturated rings. The van der Waals surface area contributed by atoms with Gasteiger partial charge in [-0.1, -0.05) is 0 Å². The number of nitrogens with one attached hydrogen (secondary N) is 1. The van der Waals surface area contributed by atoms with E-state index in [0.29, 0.717) is 23.1 Å². The molecule has 0 radical (unpaired) electrons. The molecular formula is C16H21N3O3. The van der Waals surface area contributed by atoms with E-state index in [9.17, 15) is 0 Å². The van der Waals surface area contributed by atoms with Crippen molar-refractivity contribution in [3.8, 4) is 22.8 Å². The lowest BCUT2D eigenvalue weighted by Crippen LogP contribution is -2.15. The molecule has 2 aromatic rings. The summed E-state index contributed by atoms with van der Waals surface area (Å²) in [4.78, 5) is 0. The predicted molar refractivity (Wildman–Crippen MR) is 84.3 cm³/mol. The summed E-state index contributed by atoms with van der Waals surface area (Å²) < 4.78 is 16.0. The highest BCUT2D eigenvalue weighted by molar-refractivity contribution is 5.76. The minimum atomic E-state index is 0.384. The summed E-state index contributed by atoms with van der Waals surface area (Å²) in [5.74, 6) is 1.73. The molecule has 2 heterocycles. The highest BCUT2D eigenvalue weighted by atomic mass is 16.5. The molecule has 3 N–H and O–H groups in total. The van der Waals surface area contributed by atoms with Gasteiger partial charge in [0.05, 0.1) is 25.6 Å². The summed E-state index contributed by atoms with van der Waals surface area (Å²) in [6.07, 6.45) is 1.94. The first kappa shape index (κ1) is 14.7. The van der Waals surface area contributed by atoms with Crippen LogP contribution in [0.25, 0.3) is 11.3 Å². The van der Waals surface area contributed by atoms with Gasteiger partial charge in [-0.2, -0.15) is 5.10 Å². The molecule has 0 saturated carbocycles. The number of aromatic amines is 1. The molecule has 1 saturated heterocycles. The summed E-state index contributed by atoms with van der Waals surface area (Å²) >= 11 is 0. The maximum atomic E-state index is 6.32. The number of ether oxygens (including phenoxy) is 3. The van der Waals surface area contributed by atoms with Gasteiger partial charge in [0.25, 0.3) is 0 Å². The molecule has 3 rings (SSSR count). The Morgan fingerprint density at radius 3 is 2.59 bits per heavy atom. The van der Waals surface area contributed by atoms with E-state index in [-0.39, 0.29) is 0 Å². The Bertz CT molecular complexity index is 648. The van der Waals surface area contributed by atoms with Crippen molar-refractivity contribution < 1.29 is 14.2 Å². The van der Waals surface area contributed by atoms with Crippen molar-refractivity contribution in [3.63, 3.8) is 0 Å². The van der Waals surface area contributed by atoms with Gasteiger partial charge in [-0.3, -0.25) is 5.10 Å². The quantitative estimate of drug-likeness (QED) is 0.907. The highest BCUT2D eigenvalue weighted by Gasteiger charge is 2.23. The number of methoxy groups -OCH3 is 2. The first-order valence-corrected chi connectivity index (χ1v) is 7.38. The van der Waals surface area contributed by atoms with Gasteiger partial charge in [-0.05, 0) is 31.0 Å². The van der Waals surface area contributed by atoms with Gasteiger partial charge in [-0.15, -0.1) is 0 Å². The van der Waals surface area contributed by atoms with Crippen molar-refractivity contribution >= 4 is 5.69 Å². The van der Waals surface area contributed by atoms with Crippen LogP contribution in [0.15, 0.2) is 18.2 Å². The standard InChI is InChI=1S/C16H21N3O3/c1-20-12-4-3-11(9-13(12)21-2)16-14(17)15(18-19-16)10-5-7-22-8-6-10/h3-4,9-10H,5-8,17H2,1-2H3,(H,18,19). The van der Waals surface area contributed by atoms with Gasteiger partial charge in [0, 0.05) is 24.7 Å². The number of rotatable bonds is 4. The molecule has 0 unspecified atom stereocenters. The molecule has 1 aromatic heterocycles. The summed E-state index contributed by atoms with van der Waals surface area (Å²) in [7, 11) is 3.23. The van der Waals surface area contributed by atoms with Gasteiger partial charge in [0.1, 0.15) is 5.69 Å². The predicted octanol–water partition coefficient (Wildman–Crippen LogP) is 2.57. The Labute approximate surface area is 129 Å². The molecule has 0 spiro atoms. The number of nitrogens with zero attached hydrogens (tertiary/aromatic N) is 1. The fourth-order valence-electron chi connectivity index (χ4n) is 2.87. The maximum Gasteiger partial charge on any atom is 0.161 e. The summed E-state index contributed by atoms with van der Waals surface area (Å²) in [5.41, 5.74) is 9.70. The minimum Gasteiger partial charge on any atom is -0.493 e. The van der Waals surface area contributed by atoms with Gasteiger partial charge in [0.2, 0.25) is 0 Å². The normalized spacial score (nSPS) is 15.7. The number of aromatic nitrogens is 2. The summed E-state index contributed by atoms with van der Waals surface area (Å²) in [6.45, 7) is 1.55. The monoisotopic (exact) mass is 303 g/mol. The fourth-order valence-corrected chi connectivity index (χ4v) is 2.87. The van der Waals surface area contributed by atoms with Gasteiger partial charge in [-0.25, -0.2) is 0 Å². The zero-order valence-electron chi connectivity index (χ0n) is 12.9. The van der Waals surface area contributed by atoms with E-state index in [2.05, 4.69) is 10.2 Å². The van der Waals surface area contributed by atoms with Crippen LogP contribution in [-0.2, 0) is 4.74 Å². The van der Waals surface area contributed by atoms with Crippen LogP contribution in [0.1, 0.15) is 24.5 Å². The van der Waals surface area contributed by atoms with Gasteiger partial charge in [0.15, 0.2) is 11.5 Å². The number of hydrogen-bond acceptors (Lipinski definition) is 5. The molecule has 1 aliphatic heterocycles. The van der Waals surface area contributed by atoms with Crippen molar-refractivity contribution in [2.75, 3.05) is 33.2 Å². The van der Waals surface area contributed by atoms with Crippen molar-refractivity contribution in [2.24, 2.45) is 0 Å². The van der Waals surface area contributed by atoms with Crippen LogP contribution in [-0.4, -0.2) is 37.6 Å². The van der Waals surface area contributed by atoms with Crippen LogP contribution >= 0.6 is 0 Å². The average molecular weight is 303 g/mol. The third kappa shape index (κ3) is 2.62. The highest BCUT2D eigenvalue weighted by Crippen LogP contribution is 2.37. The van der Waals surface area contributed by atoms with E-state index in [1.807, 2.05) is 18.2 Å². The van der Waals surface area contributed by atoms with Crippen LogP contribution in [0.2, 0.25) is 0 Å². The van der Waals surface area contributed by atoms with Crippen LogP contribution in [0, 0.1) is 0 Å². The van der Waals surface area contributed by atoms with Crippen LogP contribution < -0.4 is 15.2 Å². The average Bonchev–Trinajstić information content (AvgIpc) is 2.96. The van der Waals surface area contributed by atoms with Crippen LogP contribution in [0.5, 0.6) is 11.5 Å². The number of benzene rings is 1. The van der Waals surface area contributed by atoms with Gasteiger partial charge < -0.3 is 19.9 Å². The lowest BCUT2D eigenvalue weighted by atomic mass is 9.94. The zero-order valence-corrected chi connectivity index (χ0v) is 12.9. The van der Waals surface area contributed by atoms with Crippen molar-refractivity contribution in [3.05, 3.63) is 23.9 Å². The van der Waals surface area contributed by atoms with E-state index in [1.165, 1.54) is 0 Å². The summed E-state index contributed by atoms with van der Waals surface area (Å²) in [6, 6.07) is 5.68. The number of hydrogen-bond donors (Lipinski definition) is 2. The second-order valence-electron chi connectivity index (χ2n) is 5.36. The molecule has 118 valence electrons. The van der Waals surface area contributed by atoms with Crippen LogP contribution in [0.4, 0.5) is 5.69 Å². The minimum absolute atomic E-state index is 0.384. The molecule has 1 aliphatic rings. The molecule has 0 bridgehead atoms. The Morgan fingerprint density at radius 2 is 1.91 bits per heavy atom. The lowest BCUT2D eigenvalue weighted by molar-refractivity contribution is 0.0846. The number of nitrogens with two attached hydrogens (primary N) is 1. The number of H-pyrrole nitrogens is 1. The van der Waals surface area contributed by atoms with E-state index in [0.717, 1.165) is 43.0 Å².